The van der Waals surface area contributed by atoms with Crippen molar-refractivity contribution in [2.45, 2.75) is 44.3 Å². The molecular weight excluding hydrogens is 238 g/mol. The molecule has 6 nitrogen and oxygen atoms in total. The summed E-state index contributed by atoms with van der Waals surface area (Å²) in [4.78, 5) is 11.5. The number of rotatable bonds is 5. The molecule has 0 aromatic carbocycles. The van der Waals surface area contributed by atoms with Gasteiger partial charge in [0.15, 0.2) is 0 Å². The van der Waals surface area contributed by atoms with Crippen molar-refractivity contribution in [1.82, 2.24) is 25.5 Å². The maximum absolute atomic E-state index is 11.5. The third kappa shape index (κ3) is 5.67. The van der Waals surface area contributed by atoms with E-state index in [1.54, 1.807) is 23.5 Å². The second-order valence-corrected chi connectivity index (χ2v) is 5.90. The van der Waals surface area contributed by atoms with Gasteiger partial charge in [-0.3, -0.25) is 4.79 Å². The van der Waals surface area contributed by atoms with Gasteiger partial charge >= 0.3 is 0 Å². The highest BCUT2D eigenvalue weighted by Crippen LogP contribution is 2.14. The summed E-state index contributed by atoms with van der Waals surface area (Å²) in [6.45, 7) is 5.93. The summed E-state index contributed by atoms with van der Waals surface area (Å²) < 4.78 is 1.62. The first kappa shape index (κ1) is 14.0. The van der Waals surface area contributed by atoms with Crippen molar-refractivity contribution in [2.75, 3.05) is 5.75 Å². The molecule has 0 atom stereocenters. The van der Waals surface area contributed by atoms with E-state index < -0.39 is 0 Å². The Labute approximate surface area is 106 Å². The number of thioether (sulfide) groups is 1. The number of hydrogen-bond acceptors (Lipinski definition) is 5. The standard InChI is InChI=1S/C10H19N5OS/c1-10(2,3)11-8(16)6-5-7-17-9-12-13-14-15(9)4/h5-7H2,1-4H3,(H,11,16). The van der Waals surface area contributed by atoms with Gasteiger partial charge in [-0.05, 0) is 37.6 Å². The second-order valence-electron chi connectivity index (χ2n) is 4.84. The zero-order valence-electron chi connectivity index (χ0n) is 10.7. The molecule has 0 aliphatic heterocycles. The van der Waals surface area contributed by atoms with Crippen molar-refractivity contribution in [3.8, 4) is 0 Å². The molecule has 7 heteroatoms. The minimum atomic E-state index is -0.155. The molecule has 0 unspecified atom stereocenters. The van der Waals surface area contributed by atoms with E-state index >= 15 is 0 Å². The van der Waals surface area contributed by atoms with Crippen molar-refractivity contribution in [1.29, 1.82) is 0 Å². The summed E-state index contributed by atoms with van der Waals surface area (Å²) in [5, 5.41) is 14.8. The van der Waals surface area contributed by atoms with Gasteiger partial charge in [-0.15, -0.1) is 5.10 Å². The fourth-order valence-electron chi connectivity index (χ4n) is 1.22. The van der Waals surface area contributed by atoms with Crippen LogP contribution in [0.3, 0.4) is 0 Å². The Morgan fingerprint density at radius 1 is 1.47 bits per heavy atom. The quantitative estimate of drug-likeness (QED) is 0.629. The van der Waals surface area contributed by atoms with Gasteiger partial charge in [-0.2, -0.15) is 0 Å². The lowest BCUT2D eigenvalue weighted by atomic mass is 10.1. The molecule has 0 aliphatic rings. The number of aromatic nitrogens is 4. The molecule has 0 spiro atoms. The maximum Gasteiger partial charge on any atom is 0.220 e. The number of carbonyl (C=O) groups is 1. The summed E-state index contributed by atoms with van der Waals surface area (Å²) in [6, 6.07) is 0. The van der Waals surface area contributed by atoms with E-state index in [2.05, 4.69) is 20.8 Å². The number of carbonyl (C=O) groups excluding carboxylic acids is 1. The summed E-state index contributed by atoms with van der Waals surface area (Å²) in [5.41, 5.74) is -0.155. The van der Waals surface area contributed by atoms with Crippen molar-refractivity contribution in [2.24, 2.45) is 7.05 Å². The van der Waals surface area contributed by atoms with Gasteiger partial charge in [0.05, 0.1) is 0 Å². The predicted octanol–water partition coefficient (Wildman–Crippen LogP) is 0.997. The van der Waals surface area contributed by atoms with Crippen LogP contribution in [-0.4, -0.2) is 37.4 Å². The van der Waals surface area contributed by atoms with Crippen LogP contribution in [0.25, 0.3) is 0 Å². The van der Waals surface area contributed by atoms with Crippen molar-refractivity contribution in [3.05, 3.63) is 0 Å². The first-order valence-corrected chi connectivity index (χ1v) is 6.53. The molecule has 1 rings (SSSR count). The molecule has 1 aromatic heterocycles. The molecule has 96 valence electrons. The molecule has 1 aromatic rings. The number of amides is 1. The van der Waals surface area contributed by atoms with E-state index in [1.165, 1.54) is 0 Å². The van der Waals surface area contributed by atoms with Crippen LogP contribution in [0.2, 0.25) is 0 Å². The van der Waals surface area contributed by atoms with Gasteiger partial charge in [-0.1, -0.05) is 11.8 Å². The third-order valence-electron chi connectivity index (χ3n) is 1.88. The topological polar surface area (TPSA) is 72.7 Å². The first-order chi connectivity index (χ1) is 7.88. The van der Waals surface area contributed by atoms with Crippen LogP contribution in [0, 0.1) is 0 Å². The first-order valence-electron chi connectivity index (χ1n) is 5.54. The molecule has 0 bridgehead atoms. The normalized spacial score (nSPS) is 11.5. The highest BCUT2D eigenvalue weighted by atomic mass is 32.2. The summed E-state index contributed by atoms with van der Waals surface area (Å²) in [6.07, 6.45) is 1.36. The summed E-state index contributed by atoms with van der Waals surface area (Å²) in [7, 11) is 1.80. The minimum Gasteiger partial charge on any atom is -0.352 e. The monoisotopic (exact) mass is 257 g/mol. The lowest BCUT2D eigenvalue weighted by Crippen LogP contribution is -2.40. The smallest absolute Gasteiger partial charge is 0.220 e. The molecule has 17 heavy (non-hydrogen) atoms. The molecule has 0 radical (unpaired) electrons. The third-order valence-corrected chi connectivity index (χ3v) is 2.97. The van der Waals surface area contributed by atoms with Crippen LogP contribution in [0.15, 0.2) is 5.16 Å². The largest absolute Gasteiger partial charge is 0.352 e. The maximum atomic E-state index is 11.5. The SMILES string of the molecule is Cn1nnnc1SCCCC(=O)NC(C)(C)C. The molecule has 0 saturated heterocycles. The van der Waals surface area contributed by atoms with Crippen LogP contribution in [0.4, 0.5) is 0 Å². The molecule has 0 aliphatic carbocycles. The van der Waals surface area contributed by atoms with Crippen LogP contribution in [-0.2, 0) is 11.8 Å². The Hall–Kier alpha value is -1.11. The van der Waals surface area contributed by atoms with Gasteiger partial charge < -0.3 is 5.32 Å². The van der Waals surface area contributed by atoms with Crippen molar-refractivity contribution in [3.63, 3.8) is 0 Å². The highest BCUT2D eigenvalue weighted by Gasteiger charge is 2.13. The zero-order valence-corrected chi connectivity index (χ0v) is 11.5. The van der Waals surface area contributed by atoms with E-state index in [0.29, 0.717) is 6.42 Å². The Morgan fingerprint density at radius 3 is 2.71 bits per heavy atom. The predicted molar refractivity (Wildman–Crippen MR) is 66.7 cm³/mol. The molecule has 1 amide bonds. The van der Waals surface area contributed by atoms with Crippen LogP contribution in [0.5, 0.6) is 0 Å². The minimum absolute atomic E-state index is 0.0918. The van der Waals surface area contributed by atoms with Crippen molar-refractivity contribution < 1.29 is 4.79 Å². The zero-order chi connectivity index (χ0) is 12.9. The van der Waals surface area contributed by atoms with Gasteiger partial charge in [0, 0.05) is 24.8 Å². The molecular formula is C10H19N5OS. The average Bonchev–Trinajstić information content (AvgIpc) is 2.56. The van der Waals surface area contributed by atoms with E-state index in [1.807, 2.05) is 20.8 Å². The fourth-order valence-corrected chi connectivity index (χ4v) is 2.01. The van der Waals surface area contributed by atoms with Gasteiger partial charge in [0.2, 0.25) is 11.1 Å². The van der Waals surface area contributed by atoms with E-state index in [-0.39, 0.29) is 11.4 Å². The lowest BCUT2D eigenvalue weighted by molar-refractivity contribution is -0.122. The van der Waals surface area contributed by atoms with Crippen LogP contribution in [0.1, 0.15) is 33.6 Å². The Balaban J connectivity index is 2.17. The Bertz CT molecular complexity index is 371. The number of hydrogen-bond donors (Lipinski definition) is 1. The summed E-state index contributed by atoms with van der Waals surface area (Å²) in [5.74, 6) is 0.931. The number of nitrogens with one attached hydrogen (secondary N) is 1. The molecule has 0 fully saturated rings. The van der Waals surface area contributed by atoms with Gasteiger partial charge in [-0.25, -0.2) is 4.68 Å². The average molecular weight is 257 g/mol. The second kappa shape index (κ2) is 6.00. The fraction of sp³-hybridized carbons (Fsp3) is 0.800. The Morgan fingerprint density at radius 2 is 2.18 bits per heavy atom. The number of nitrogens with zero attached hydrogens (tertiary/aromatic N) is 4. The van der Waals surface area contributed by atoms with Gasteiger partial charge in [0.25, 0.3) is 0 Å². The molecule has 0 saturated carbocycles. The highest BCUT2D eigenvalue weighted by molar-refractivity contribution is 7.99. The number of aryl methyl sites for hydroxylation is 1. The van der Waals surface area contributed by atoms with E-state index in [9.17, 15) is 4.79 Å². The number of tetrazole rings is 1. The van der Waals surface area contributed by atoms with E-state index in [4.69, 9.17) is 0 Å². The van der Waals surface area contributed by atoms with Gasteiger partial charge in [0.1, 0.15) is 0 Å². The van der Waals surface area contributed by atoms with Crippen LogP contribution >= 0.6 is 11.8 Å². The van der Waals surface area contributed by atoms with Crippen LogP contribution < -0.4 is 5.32 Å². The Kier molecular flexibility index (Phi) is 4.92. The van der Waals surface area contributed by atoms with Crippen molar-refractivity contribution >= 4 is 17.7 Å². The molecule has 1 heterocycles. The van der Waals surface area contributed by atoms with E-state index in [0.717, 1.165) is 17.3 Å². The lowest BCUT2D eigenvalue weighted by Gasteiger charge is -2.20. The molecule has 1 N–H and O–H groups in total. The summed E-state index contributed by atoms with van der Waals surface area (Å²) >= 11 is 1.56.